The quantitative estimate of drug-likeness (QED) is 0.343. The number of pyridine rings is 1. The van der Waals surface area contributed by atoms with Crippen LogP contribution in [-0.4, -0.2) is 45.1 Å². The van der Waals surface area contributed by atoms with Gasteiger partial charge in [-0.25, -0.2) is 9.78 Å². The van der Waals surface area contributed by atoms with E-state index in [4.69, 9.17) is 14.5 Å². The van der Waals surface area contributed by atoms with Crippen molar-refractivity contribution in [3.8, 4) is 17.3 Å². The molecule has 5 aromatic rings. The molecular weight excluding hydrogens is 488 g/mol. The third-order valence-electron chi connectivity index (χ3n) is 6.47. The van der Waals surface area contributed by atoms with Gasteiger partial charge < -0.3 is 19.4 Å². The number of aromatic nitrogens is 3. The van der Waals surface area contributed by atoms with E-state index >= 15 is 0 Å². The standard InChI is InChI=1S/C28H24N4O4S/c1-17-11-21(36-20-7-9-32(15-20)28(34)35-16-18-5-3-2-4-6-18)12-22-25(17)30-26(31-27(22)33)23-13-24-19(14-29-23)8-10-37-24/h2-6,8,10-14,20H,7,9,15-16H2,1H3,(H,30,31,33)/t20-/m0/s1. The number of H-pyrrole nitrogens is 1. The minimum absolute atomic E-state index is 0.186. The van der Waals surface area contributed by atoms with Crippen LogP contribution in [0.4, 0.5) is 4.79 Å². The van der Waals surface area contributed by atoms with E-state index in [1.54, 1.807) is 28.5 Å². The molecule has 1 saturated heterocycles. The number of benzene rings is 2. The molecule has 1 amide bonds. The lowest BCUT2D eigenvalue weighted by Gasteiger charge is -2.17. The molecule has 1 N–H and O–H groups in total. The summed E-state index contributed by atoms with van der Waals surface area (Å²) in [7, 11) is 0. The summed E-state index contributed by atoms with van der Waals surface area (Å²) in [6.07, 6.45) is 1.93. The van der Waals surface area contributed by atoms with Crippen LogP contribution in [0.15, 0.2) is 71.0 Å². The van der Waals surface area contributed by atoms with Crippen molar-refractivity contribution in [2.75, 3.05) is 13.1 Å². The van der Waals surface area contributed by atoms with Crippen LogP contribution in [0.5, 0.6) is 5.75 Å². The number of nitrogens with zero attached hydrogens (tertiary/aromatic N) is 3. The number of hydrogen-bond donors (Lipinski definition) is 1. The highest BCUT2D eigenvalue weighted by atomic mass is 32.1. The van der Waals surface area contributed by atoms with E-state index in [1.807, 2.05) is 60.8 Å². The van der Waals surface area contributed by atoms with Crippen molar-refractivity contribution >= 4 is 38.4 Å². The third kappa shape index (κ3) is 4.77. The van der Waals surface area contributed by atoms with Gasteiger partial charge in [-0.1, -0.05) is 30.3 Å². The highest BCUT2D eigenvalue weighted by molar-refractivity contribution is 7.17. The molecule has 6 rings (SSSR count). The van der Waals surface area contributed by atoms with Gasteiger partial charge in [0.25, 0.3) is 5.56 Å². The molecule has 4 heterocycles. The van der Waals surface area contributed by atoms with Gasteiger partial charge in [0, 0.05) is 29.2 Å². The molecule has 2 aromatic carbocycles. The van der Waals surface area contributed by atoms with Crippen molar-refractivity contribution in [3.63, 3.8) is 0 Å². The van der Waals surface area contributed by atoms with Crippen LogP contribution in [0, 0.1) is 6.92 Å². The Morgan fingerprint density at radius 2 is 2.05 bits per heavy atom. The molecule has 1 atom stereocenters. The zero-order valence-electron chi connectivity index (χ0n) is 20.1. The number of carbonyl (C=O) groups is 1. The SMILES string of the molecule is Cc1cc(O[C@H]2CCN(C(=O)OCc3ccccc3)C2)cc2c(=O)[nH]c(-c3cc4sccc4cn3)nc12. The van der Waals surface area contributed by atoms with Crippen molar-refractivity contribution in [1.82, 2.24) is 19.9 Å². The molecule has 9 heteroatoms. The smallest absolute Gasteiger partial charge is 0.410 e. The predicted molar refractivity (Wildman–Crippen MR) is 143 cm³/mol. The summed E-state index contributed by atoms with van der Waals surface area (Å²) in [5.74, 6) is 1.01. The molecule has 1 aliphatic rings. The Morgan fingerprint density at radius 3 is 2.92 bits per heavy atom. The second-order valence-corrected chi connectivity index (χ2v) is 10.0. The normalized spacial score (nSPS) is 15.4. The Hall–Kier alpha value is -4.24. The van der Waals surface area contributed by atoms with Gasteiger partial charge in [-0.2, -0.15) is 0 Å². The van der Waals surface area contributed by atoms with Crippen LogP contribution in [-0.2, 0) is 11.3 Å². The Balaban J connectivity index is 1.17. The van der Waals surface area contributed by atoms with Crippen LogP contribution >= 0.6 is 11.3 Å². The van der Waals surface area contributed by atoms with Crippen LogP contribution in [0.1, 0.15) is 17.5 Å². The first-order valence-corrected chi connectivity index (χ1v) is 12.9. The highest BCUT2D eigenvalue weighted by Gasteiger charge is 2.29. The summed E-state index contributed by atoms with van der Waals surface area (Å²) in [4.78, 5) is 39.2. The van der Waals surface area contributed by atoms with E-state index in [2.05, 4.69) is 9.97 Å². The van der Waals surface area contributed by atoms with E-state index in [9.17, 15) is 9.59 Å². The molecule has 1 aliphatic heterocycles. The molecule has 0 unspecified atom stereocenters. The van der Waals surface area contributed by atoms with Crippen molar-refractivity contribution in [2.45, 2.75) is 26.1 Å². The summed E-state index contributed by atoms with van der Waals surface area (Å²) in [5.41, 5.74) is 2.75. The number of nitrogens with one attached hydrogen (secondary N) is 1. The van der Waals surface area contributed by atoms with E-state index in [1.165, 1.54) is 0 Å². The number of ether oxygens (including phenoxy) is 2. The first kappa shape index (κ1) is 23.2. The topological polar surface area (TPSA) is 97.4 Å². The molecular formula is C28H24N4O4S. The summed E-state index contributed by atoms with van der Waals surface area (Å²) < 4.78 is 12.7. The lowest BCUT2D eigenvalue weighted by molar-refractivity contribution is 0.0991. The molecule has 37 heavy (non-hydrogen) atoms. The first-order chi connectivity index (χ1) is 18.0. The Bertz CT molecular complexity index is 1660. The molecule has 1 fully saturated rings. The second kappa shape index (κ2) is 9.67. The fraction of sp³-hybridized carbons (Fsp3) is 0.214. The van der Waals surface area contributed by atoms with E-state index in [0.29, 0.717) is 47.7 Å². The summed E-state index contributed by atoms with van der Waals surface area (Å²) in [5, 5.41) is 3.52. The van der Waals surface area contributed by atoms with Crippen LogP contribution in [0.3, 0.4) is 0 Å². The van der Waals surface area contributed by atoms with Gasteiger partial charge in [-0.3, -0.25) is 9.78 Å². The maximum atomic E-state index is 13.0. The van der Waals surface area contributed by atoms with Gasteiger partial charge in [-0.15, -0.1) is 11.3 Å². The predicted octanol–water partition coefficient (Wildman–Crippen LogP) is 5.30. The summed E-state index contributed by atoms with van der Waals surface area (Å²) in [6.45, 7) is 3.12. The summed E-state index contributed by atoms with van der Waals surface area (Å²) >= 11 is 1.62. The Labute approximate surface area is 216 Å². The zero-order valence-corrected chi connectivity index (χ0v) is 21.0. The van der Waals surface area contributed by atoms with Crippen molar-refractivity contribution in [2.24, 2.45) is 0 Å². The van der Waals surface area contributed by atoms with Crippen molar-refractivity contribution in [3.05, 3.63) is 87.7 Å². The molecule has 8 nitrogen and oxygen atoms in total. The number of aryl methyl sites for hydroxylation is 1. The van der Waals surface area contributed by atoms with Crippen LogP contribution in [0.2, 0.25) is 0 Å². The average Bonchev–Trinajstić information content (AvgIpc) is 3.58. The lowest BCUT2D eigenvalue weighted by atomic mass is 10.1. The number of thiophene rings is 1. The average molecular weight is 513 g/mol. The molecule has 3 aromatic heterocycles. The molecule has 0 radical (unpaired) electrons. The number of carbonyl (C=O) groups excluding carboxylic acids is 1. The highest BCUT2D eigenvalue weighted by Crippen LogP contribution is 2.27. The fourth-order valence-corrected chi connectivity index (χ4v) is 5.35. The Morgan fingerprint density at radius 1 is 1.19 bits per heavy atom. The number of likely N-dealkylation sites (tertiary alicyclic amines) is 1. The summed E-state index contributed by atoms with van der Waals surface area (Å²) in [6, 6.07) is 17.1. The largest absolute Gasteiger partial charge is 0.488 e. The number of aromatic amines is 1. The minimum Gasteiger partial charge on any atom is -0.488 e. The number of rotatable bonds is 5. The number of hydrogen-bond acceptors (Lipinski definition) is 7. The maximum Gasteiger partial charge on any atom is 0.410 e. The lowest BCUT2D eigenvalue weighted by Crippen LogP contribution is -2.31. The van der Waals surface area contributed by atoms with Gasteiger partial charge in [0.05, 0.1) is 17.4 Å². The fourth-order valence-electron chi connectivity index (χ4n) is 4.55. The minimum atomic E-state index is -0.354. The van der Waals surface area contributed by atoms with Gasteiger partial charge >= 0.3 is 6.09 Å². The molecule has 0 saturated carbocycles. The van der Waals surface area contributed by atoms with Crippen LogP contribution < -0.4 is 10.3 Å². The van der Waals surface area contributed by atoms with Crippen molar-refractivity contribution in [1.29, 1.82) is 0 Å². The van der Waals surface area contributed by atoms with Gasteiger partial charge in [0.2, 0.25) is 0 Å². The van der Waals surface area contributed by atoms with E-state index in [0.717, 1.165) is 21.2 Å². The first-order valence-electron chi connectivity index (χ1n) is 12.0. The molecule has 0 spiro atoms. The zero-order chi connectivity index (χ0) is 25.4. The van der Waals surface area contributed by atoms with E-state index in [-0.39, 0.29) is 24.4 Å². The Kier molecular flexibility index (Phi) is 6.05. The van der Waals surface area contributed by atoms with E-state index < -0.39 is 0 Å². The van der Waals surface area contributed by atoms with Gasteiger partial charge in [0.15, 0.2) is 5.82 Å². The van der Waals surface area contributed by atoms with Gasteiger partial charge in [0.1, 0.15) is 24.2 Å². The monoisotopic (exact) mass is 512 g/mol. The third-order valence-corrected chi connectivity index (χ3v) is 7.35. The van der Waals surface area contributed by atoms with Crippen LogP contribution in [0.25, 0.3) is 32.5 Å². The van der Waals surface area contributed by atoms with Gasteiger partial charge in [-0.05, 0) is 47.7 Å². The molecule has 0 aliphatic carbocycles. The molecule has 0 bridgehead atoms. The molecule has 186 valence electrons. The number of fused-ring (bicyclic) bond motifs is 2. The van der Waals surface area contributed by atoms with Crippen molar-refractivity contribution < 1.29 is 14.3 Å². The second-order valence-electron chi connectivity index (χ2n) is 9.09. The number of amides is 1. The maximum absolute atomic E-state index is 13.0.